The highest BCUT2D eigenvalue weighted by Gasteiger charge is 2.76. The maximum atomic E-state index is 14.7. The van der Waals surface area contributed by atoms with E-state index in [2.05, 4.69) is 41.8 Å². The first-order valence-electron chi connectivity index (χ1n) is 17.7. The minimum atomic E-state index is -1.37. The van der Waals surface area contributed by atoms with Crippen molar-refractivity contribution in [3.8, 4) is 0 Å². The number of rotatable bonds is 16. The summed E-state index contributed by atoms with van der Waals surface area (Å²) in [6.07, 6.45) is 5.09. The largest absolute Gasteiger partial charge is 0.460 e. The summed E-state index contributed by atoms with van der Waals surface area (Å²) in [5.41, 5.74) is -1.07. The van der Waals surface area contributed by atoms with Gasteiger partial charge >= 0.3 is 11.9 Å². The third-order valence-electron chi connectivity index (χ3n) is 9.95. The molecule has 3 saturated heterocycles. The van der Waals surface area contributed by atoms with Crippen LogP contribution in [0.1, 0.15) is 111 Å². The summed E-state index contributed by atoms with van der Waals surface area (Å²) in [6.45, 7) is 9.57. The lowest BCUT2D eigenvalue weighted by molar-refractivity contribution is -0.224. The summed E-state index contributed by atoms with van der Waals surface area (Å²) in [7, 11) is 0. The van der Waals surface area contributed by atoms with E-state index in [1.165, 1.54) is 0 Å². The predicted molar refractivity (Wildman–Crippen MR) is 185 cm³/mol. The molecule has 5 rings (SSSR count). The minimum Gasteiger partial charge on any atom is -0.460 e. The average molecular weight is 785 g/mol. The highest BCUT2D eigenvalue weighted by Crippen LogP contribution is 2.58. The number of nitrogens with one attached hydrogen (secondary N) is 1. The molecule has 1 amide bonds. The molecule has 0 unspecified atom stereocenters. The lowest BCUT2D eigenvalue weighted by Crippen LogP contribution is -2.70. The van der Waals surface area contributed by atoms with E-state index in [4.69, 9.17) is 23.8 Å². The number of hydrogen-bond acceptors (Lipinski definition) is 10. The van der Waals surface area contributed by atoms with Gasteiger partial charge in [0.15, 0.2) is 11.8 Å². The van der Waals surface area contributed by atoms with Crippen molar-refractivity contribution in [1.82, 2.24) is 10.4 Å². The van der Waals surface area contributed by atoms with Gasteiger partial charge in [0.1, 0.15) is 35.4 Å². The van der Waals surface area contributed by atoms with Gasteiger partial charge in [0.05, 0.1) is 19.2 Å². The van der Waals surface area contributed by atoms with Crippen molar-refractivity contribution in [3.05, 3.63) is 33.4 Å². The van der Waals surface area contributed by atoms with E-state index in [1.807, 2.05) is 24.3 Å². The SMILES string of the molecule is CCCCCC1(CCCCC)O[C@@H]2[C@H](O1)[C@H]1ON(Cc3ccccc3I)[C@H]3C(=O)O[C@@H]2C[C@@]13C(=O)N[C@H](CO)CCC(=O)OC(C)(C)C. The summed E-state index contributed by atoms with van der Waals surface area (Å²) in [6, 6.07) is 6.05. The molecule has 1 aromatic carbocycles. The average Bonchev–Trinajstić information content (AvgIpc) is 3.58. The smallest absolute Gasteiger partial charge is 0.327 e. The van der Waals surface area contributed by atoms with Crippen LogP contribution in [0.4, 0.5) is 0 Å². The van der Waals surface area contributed by atoms with Gasteiger partial charge in [-0.15, -0.1) is 0 Å². The number of aliphatic hydroxyl groups is 1. The fourth-order valence-corrected chi connectivity index (χ4v) is 8.26. The van der Waals surface area contributed by atoms with E-state index in [0.717, 1.165) is 47.7 Å². The maximum absolute atomic E-state index is 14.7. The Labute approximate surface area is 298 Å². The molecule has 0 spiro atoms. The zero-order valence-electron chi connectivity index (χ0n) is 29.0. The van der Waals surface area contributed by atoms with Crippen LogP contribution in [0.5, 0.6) is 0 Å². The lowest BCUT2D eigenvalue weighted by Gasteiger charge is -2.49. The highest BCUT2D eigenvalue weighted by atomic mass is 127. The van der Waals surface area contributed by atoms with Crippen molar-refractivity contribution in [2.24, 2.45) is 5.41 Å². The van der Waals surface area contributed by atoms with Crippen LogP contribution >= 0.6 is 22.6 Å². The molecule has 12 heteroatoms. The number of halogens is 1. The number of amides is 1. The third-order valence-corrected chi connectivity index (χ3v) is 11.0. The Morgan fingerprint density at radius 3 is 2.38 bits per heavy atom. The van der Waals surface area contributed by atoms with E-state index in [0.29, 0.717) is 12.8 Å². The molecule has 48 heavy (non-hydrogen) atoms. The first kappa shape index (κ1) is 37.4. The van der Waals surface area contributed by atoms with Crippen LogP contribution in [0.15, 0.2) is 24.3 Å². The van der Waals surface area contributed by atoms with E-state index >= 15 is 0 Å². The van der Waals surface area contributed by atoms with Crippen LogP contribution in [-0.4, -0.2) is 82.5 Å². The van der Waals surface area contributed by atoms with Crippen LogP contribution in [0.3, 0.4) is 0 Å². The number of nitrogens with zero attached hydrogens (tertiary/aromatic N) is 1. The van der Waals surface area contributed by atoms with Crippen molar-refractivity contribution < 1.29 is 43.3 Å². The Bertz CT molecular complexity index is 1290. The molecule has 0 radical (unpaired) electrons. The van der Waals surface area contributed by atoms with Crippen LogP contribution < -0.4 is 5.32 Å². The number of fused-ring (bicyclic) bond motifs is 4. The molecule has 3 heterocycles. The normalized spacial score (nSPS) is 29.6. The standard InChI is InChI=1S/C36H53IN2O9/c1-6-8-12-18-35(19-13-9-7-2)46-28-26-20-36(33(43)38-24(22-40)16-17-27(41)45-34(3,4)5)30(32(42)44-26)39(48-31(36)29(28)47-35)21-23-14-10-11-15-25(23)37/h10-11,14-15,24,26,28-31,40H,6-9,12-13,16-22H2,1-5H3,(H,38,43)/t24-,26+,28-,29-,30-,31+,36-/m0/s1. The quantitative estimate of drug-likeness (QED) is 0.129. The Kier molecular flexibility index (Phi) is 12.2. The molecule has 2 N–H and O–H groups in total. The zero-order chi connectivity index (χ0) is 34.7. The van der Waals surface area contributed by atoms with Crippen molar-refractivity contribution in [1.29, 1.82) is 0 Å². The van der Waals surface area contributed by atoms with Gasteiger partial charge in [-0.1, -0.05) is 57.7 Å². The molecule has 11 nitrogen and oxygen atoms in total. The molecule has 3 aliphatic heterocycles. The second-order valence-corrected chi connectivity index (χ2v) is 15.9. The van der Waals surface area contributed by atoms with Crippen LogP contribution in [0, 0.1) is 8.99 Å². The van der Waals surface area contributed by atoms with Crippen molar-refractivity contribution in [2.75, 3.05) is 6.61 Å². The van der Waals surface area contributed by atoms with E-state index in [-0.39, 0.29) is 32.4 Å². The van der Waals surface area contributed by atoms with Crippen LogP contribution in [-0.2, 0) is 44.7 Å². The van der Waals surface area contributed by atoms with Gasteiger partial charge < -0.3 is 29.4 Å². The number of carbonyl (C=O) groups is 3. The highest BCUT2D eigenvalue weighted by molar-refractivity contribution is 14.1. The first-order valence-corrected chi connectivity index (χ1v) is 18.8. The number of hydrogen-bond donors (Lipinski definition) is 2. The second-order valence-electron chi connectivity index (χ2n) is 14.8. The van der Waals surface area contributed by atoms with Gasteiger partial charge in [0.2, 0.25) is 5.91 Å². The Balaban J connectivity index is 1.47. The minimum absolute atomic E-state index is 0.0159. The molecule has 4 fully saturated rings. The molecular formula is C36H53IN2O9. The molecule has 1 aliphatic carbocycles. The second kappa shape index (κ2) is 15.6. The van der Waals surface area contributed by atoms with E-state index in [1.54, 1.807) is 25.8 Å². The van der Waals surface area contributed by atoms with Gasteiger partial charge in [-0.05, 0) is 74.3 Å². The molecular weight excluding hydrogens is 731 g/mol. The summed E-state index contributed by atoms with van der Waals surface area (Å²) >= 11 is 2.26. The number of esters is 2. The zero-order valence-corrected chi connectivity index (χ0v) is 31.2. The van der Waals surface area contributed by atoms with Crippen molar-refractivity contribution in [3.63, 3.8) is 0 Å². The van der Waals surface area contributed by atoms with Crippen LogP contribution in [0.2, 0.25) is 0 Å². The number of unbranched alkanes of at least 4 members (excludes halogenated alkanes) is 4. The molecule has 1 saturated carbocycles. The summed E-state index contributed by atoms with van der Waals surface area (Å²) in [4.78, 5) is 47.8. The molecule has 1 aromatic rings. The van der Waals surface area contributed by atoms with Gasteiger partial charge in [-0.3, -0.25) is 19.2 Å². The first-order chi connectivity index (χ1) is 22.9. The summed E-state index contributed by atoms with van der Waals surface area (Å²) in [5, 5.41) is 14.9. The fraction of sp³-hybridized carbons (Fsp3) is 0.750. The number of aliphatic hydroxyl groups excluding tert-OH is 1. The topological polar surface area (TPSA) is 133 Å². The molecule has 4 aliphatic rings. The lowest BCUT2D eigenvalue weighted by atomic mass is 9.62. The Morgan fingerprint density at radius 1 is 1.08 bits per heavy atom. The molecule has 0 aromatic heterocycles. The van der Waals surface area contributed by atoms with Gasteiger partial charge in [-0.2, -0.15) is 5.06 Å². The van der Waals surface area contributed by atoms with Crippen molar-refractivity contribution >= 4 is 40.4 Å². The van der Waals surface area contributed by atoms with Gasteiger partial charge in [0, 0.05) is 29.3 Å². The number of hydroxylamine groups is 2. The summed E-state index contributed by atoms with van der Waals surface area (Å²) < 4.78 is 26.3. The third kappa shape index (κ3) is 7.88. The number of benzene rings is 1. The van der Waals surface area contributed by atoms with E-state index in [9.17, 15) is 19.5 Å². The van der Waals surface area contributed by atoms with Gasteiger partial charge in [-0.25, -0.2) is 0 Å². The molecule has 268 valence electrons. The molecule has 2 bridgehead atoms. The predicted octanol–water partition coefficient (Wildman–Crippen LogP) is 5.33. The fourth-order valence-electron chi connectivity index (χ4n) is 7.70. The van der Waals surface area contributed by atoms with Crippen molar-refractivity contribution in [2.45, 2.75) is 160 Å². The van der Waals surface area contributed by atoms with Crippen LogP contribution in [0.25, 0.3) is 0 Å². The Morgan fingerprint density at radius 2 is 1.75 bits per heavy atom. The Hall–Kier alpha value is -1.84. The molecule has 7 atom stereocenters. The monoisotopic (exact) mass is 784 g/mol. The van der Waals surface area contributed by atoms with E-state index < -0.39 is 71.1 Å². The maximum Gasteiger partial charge on any atom is 0.327 e. The summed E-state index contributed by atoms with van der Waals surface area (Å²) in [5.74, 6) is -2.24. The number of carbonyl (C=O) groups excluding carboxylic acids is 3. The van der Waals surface area contributed by atoms with Gasteiger partial charge in [0.25, 0.3) is 0 Å². The number of ether oxygens (including phenoxy) is 4.